The van der Waals surface area contributed by atoms with Crippen LogP contribution in [0.3, 0.4) is 0 Å². The van der Waals surface area contributed by atoms with E-state index in [1.165, 1.54) is 17.8 Å². The van der Waals surface area contributed by atoms with Crippen LogP contribution < -0.4 is 5.73 Å². The summed E-state index contributed by atoms with van der Waals surface area (Å²) in [7, 11) is 0. The van der Waals surface area contributed by atoms with Crippen LogP contribution in [0.15, 0.2) is 40.6 Å². The number of aryl methyl sites for hydroxylation is 1. The molecule has 0 spiro atoms. The van der Waals surface area contributed by atoms with Gasteiger partial charge in [0.25, 0.3) is 0 Å². The smallest absolute Gasteiger partial charge is 0.192 e. The van der Waals surface area contributed by atoms with Crippen molar-refractivity contribution in [1.29, 1.82) is 0 Å². The highest BCUT2D eigenvalue weighted by molar-refractivity contribution is 7.99. The minimum Gasteiger partial charge on any atom is -0.330 e. The summed E-state index contributed by atoms with van der Waals surface area (Å²) < 4.78 is 13.8. The van der Waals surface area contributed by atoms with Gasteiger partial charge in [-0.2, -0.15) is 0 Å². The van der Waals surface area contributed by atoms with Crippen molar-refractivity contribution in [1.82, 2.24) is 9.97 Å². The highest BCUT2D eigenvalue weighted by Gasteiger charge is 2.11. The van der Waals surface area contributed by atoms with E-state index in [0.29, 0.717) is 23.0 Å². The van der Waals surface area contributed by atoms with E-state index in [2.05, 4.69) is 9.97 Å². The zero-order valence-corrected chi connectivity index (χ0v) is 10.9. The predicted octanol–water partition coefficient (Wildman–Crippen LogP) is 2.58. The minimum atomic E-state index is -0.255. The van der Waals surface area contributed by atoms with Gasteiger partial charge in [0, 0.05) is 12.4 Å². The summed E-state index contributed by atoms with van der Waals surface area (Å²) in [6.07, 6.45) is 4.09. The lowest BCUT2D eigenvalue weighted by atomic mass is 10.1. The van der Waals surface area contributed by atoms with Gasteiger partial charge in [-0.15, -0.1) is 0 Å². The summed E-state index contributed by atoms with van der Waals surface area (Å²) in [6.45, 7) is 2.41. The molecule has 1 aromatic heterocycles. The molecular weight excluding hydrogens is 249 g/mol. The molecule has 0 saturated heterocycles. The van der Waals surface area contributed by atoms with E-state index in [-0.39, 0.29) is 5.82 Å². The van der Waals surface area contributed by atoms with E-state index in [0.717, 1.165) is 11.1 Å². The highest BCUT2D eigenvalue weighted by atomic mass is 32.2. The van der Waals surface area contributed by atoms with Crippen LogP contribution in [-0.4, -0.2) is 16.5 Å². The summed E-state index contributed by atoms with van der Waals surface area (Å²) in [5, 5.41) is 0.545. The molecule has 0 aliphatic heterocycles. The fraction of sp³-hybridized carbons (Fsp3) is 0.231. The van der Waals surface area contributed by atoms with E-state index in [9.17, 15) is 4.39 Å². The molecule has 2 N–H and O–H groups in total. The van der Waals surface area contributed by atoms with Crippen LogP contribution in [0.2, 0.25) is 0 Å². The van der Waals surface area contributed by atoms with Crippen LogP contribution in [0.5, 0.6) is 0 Å². The van der Waals surface area contributed by atoms with Crippen molar-refractivity contribution in [2.75, 3.05) is 6.54 Å². The van der Waals surface area contributed by atoms with Crippen molar-refractivity contribution in [2.45, 2.75) is 23.4 Å². The SMILES string of the molecule is Cc1cnc(Sc2c(F)cccc2CCN)nc1. The van der Waals surface area contributed by atoms with Crippen molar-refractivity contribution >= 4 is 11.8 Å². The number of benzene rings is 1. The number of nitrogens with two attached hydrogens (primary N) is 1. The number of hydrogen-bond donors (Lipinski definition) is 1. The molecule has 1 heterocycles. The average molecular weight is 263 g/mol. The van der Waals surface area contributed by atoms with Gasteiger partial charge in [0.2, 0.25) is 0 Å². The van der Waals surface area contributed by atoms with Crippen LogP contribution in [0.1, 0.15) is 11.1 Å². The Morgan fingerprint density at radius 3 is 2.67 bits per heavy atom. The van der Waals surface area contributed by atoms with Crippen molar-refractivity contribution in [3.63, 3.8) is 0 Å². The first kappa shape index (κ1) is 13.0. The maximum atomic E-state index is 13.8. The molecule has 0 radical (unpaired) electrons. The van der Waals surface area contributed by atoms with Gasteiger partial charge in [-0.1, -0.05) is 12.1 Å². The molecule has 3 nitrogen and oxygen atoms in total. The number of rotatable bonds is 4. The van der Waals surface area contributed by atoms with E-state index in [4.69, 9.17) is 5.73 Å². The molecule has 0 fully saturated rings. The van der Waals surface area contributed by atoms with E-state index < -0.39 is 0 Å². The fourth-order valence-electron chi connectivity index (χ4n) is 1.54. The second-order valence-electron chi connectivity index (χ2n) is 3.91. The first-order valence-corrected chi connectivity index (χ1v) is 6.46. The van der Waals surface area contributed by atoms with Gasteiger partial charge in [0.05, 0.1) is 4.90 Å². The summed E-state index contributed by atoms with van der Waals surface area (Å²) in [5.74, 6) is -0.255. The molecular formula is C13H14FN3S. The van der Waals surface area contributed by atoms with Crippen LogP contribution >= 0.6 is 11.8 Å². The van der Waals surface area contributed by atoms with Crippen molar-refractivity contribution < 1.29 is 4.39 Å². The summed E-state index contributed by atoms with van der Waals surface area (Å²) in [6, 6.07) is 5.02. The molecule has 0 aliphatic rings. The second-order valence-corrected chi connectivity index (χ2v) is 4.89. The Hall–Kier alpha value is -1.46. The Bertz CT molecular complexity index is 528. The molecule has 0 unspecified atom stereocenters. The lowest BCUT2D eigenvalue weighted by molar-refractivity contribution is 0.596. The number of halogens is 1. The third-order valence-electron chi connectivity index (χ3n) is 2.41. The van der Waals surface area contributed by atoms with Gasteiger partial charge in [-0.25, -0.2) is 14.4 Å². The maximum Gasteiger partial charge on any atom is 0.192 e. The van der Waals surface area contributed by atoms with Gasteiger partial charge in [-0.05, 0) is 48.8 Å². The predicted molar refractivity (Wildman–Crippen MR) is 70.1 cm³/mol. The average Bonchev–Trinajstić information content (AvgIpc) is 2.36. The molecule has 2 rings (SSSR count). The Balaban J connectivity index is 2.30. The third-order valence-corrected chi connectivity index (χ3v) is 3.47. The molecule has 1 aromatic carbocycles. The molecule has 5 heteroatoms. The topological polar surface area (TPSA) is 51.8 Å². The van der Waals surface area contributed by atoms with Crippen molar-refractivity contribution in [2.24, 2.45) is 5.73 Å². The number of hydrogen-bond acceptors (Lipinski definition) is 4. The summed E-state index contributed by atoms with van der Waals surface area (Å²) >= 11 is 1.24. The second kappa shape index (κ2) is 5.93. The molecule has 18 heavy (non-hydrogen) atoms. The number of aromatic nitrogens is 2. The zero-order chi connectivity index (χ0) is 13.0. The number of nitrogens with zero attached hydrogens (tertiary/aromatic N) is 2. The molecule has 2 aromatic rings. The normalized spacial score (nSPS) is 10.6. The van der Waals surface area contributed by atoms with E-state index >= 15 is 0 Å². The van der Waals surface area contributed by atoms with Gasteiger partial charge >= 0.3 is 0 Å². The molecule has 0 saturated carbocycles. The zero-order valence-electron chi connectivity index (χ0n) is 10.1. The quantitative estimate of drug-likeness (QED) is 0.861. The lowest BCUT2D eigenvalue weighted by Gasteiger charge is -2.08. The Kier molecular flexibility index (Phi) is 4.28. The van der Waals surface area contributed by atoms with Crippen LogP contribution in [-0.2, 0) is 6.42 Å². The summed E-state index contributed by atoms with van der Waals surface area (Å²) in [4.78, 5) is 8.90. The van der Waals surface area contributed by atoms with Crippen LogP contribution in [0.4, 0.5) is 4.39 Å². The first-order chi connectivity index (χ1) is 8.70. The summed E-state index contributed by atoms with van der Waals surface area (Å²) in [5.41, 5.74) is 7.41. The largest absolute Gasteiger partial charge is 0.330 e. The van der Waals surface area contributed by atoms with Crippen molar-refractivity contribution in [3.8, 4) is 0 Å². The van der Waals surface area contributed by atoms with E-state index in [1.54, 1.807) is 18.5 Å². The minimum absolute atomic E-state index is 0.255. The van der Waals surface area contributed by atoms with Gasteiger partial charge in [0.1, 0.15) is 5.82 Å². The van der Waals surface area contributed by atoms with Gasteiger partial charge in [-0.3, -0.25) is 0 Å². The Labute approximate surface area is 110 Å². The maximum absolute atomic E-state index is 13.8. The first-order valence-electron chi connectivity index (χ1n) is 5.64. The molecule has 0 aliphatic carbocycles. The Morgan fingerprint density at radius 1 is 1.28 bits per heavy atom. The molecule has 0 bridgehead atoms. The molecule has 0 atom stereocenters. The van der Waals surface area contributed by atoms with E-state index in [1.807, 2.05) is 13.0 Å². The standard InChI is InChI=1S/C13H14FN3S/c1-9-7-16-13(17-8-9)18-12-10(5-6-15)3-2-4-11(12)14/h2-4,7-8H,5-6,15H2,1H3. The van der Waals surface area contributed by atoms with Crippen LogP contribution in [0.25, 0.3) is 0 Å². The van der Waals surface area contributed by atoms with Gasteiger partial charge < -0.3 is 5.73 Å². The third kappa shape index (κ3) is 3.05. The fourth-order valence-corrected chi connectivity index (χ4v) is 2.41. The van der Waals surface area contributed by atoms with Crippen LogP contribution in [0, 0.1) is 12.7 Å². The molecule has 94 valence electrons. The highest BCUT2D eigenvalue weighted by Crippen LogP contribution is 2.30. The molecule has 0 amide bonds. The lowest BCUT2D eigenvalue weighted by Crippen LogP contribution is -2.04. The van der Waals surface area contributed by atoms with Crippen molar-refractivity contribution in [3.05, 3.63) is 47.5 Å². The van der Waals surface area contributed by atoms with Gasteiger partial charge in [0.15, 0.2) is 5.16 Å². The Morgan fingerprint density at radius 2 is 2.00 bits per heavy atom. The monoisotopic (exact) mass is 263 g/mol.